The smallest absolute Gasteiger partial charge is 0.240 e. The van der Waals surface area contributed by atoms with Crippen molar-refractivity contribution in [3.63, 3.8) is 0 Å². The zero-order valence-corrected chi connectivity index (χ0v) is 14.0. The zero-order valence-electron chi connectivity index (χ0n) is 13.2. The molecule has 1 amide bonds. The maximum atomic E-state index is 11.8. The van der Waals surface area contributed by atoms with Crippen molar-refractivity contribution in [3.05, 3.63) is 34.4 Å². The summed E-state index contributed by atoms with van der Waals surface area (Å²) in [6.07, 6.45) is 2.42. The molecule has 1 aromatic carbocycles. The second-order valence-corrected chi connectivity index (χ2v) is 8.31. The number of carbonyl (C=O) groups excluding carboxylic acids is 1. The van der Waals surface area contributed by atoms with Crippen LogP contribution in [0.5, 0.6) is 0 Å². The van der Waals surface area contributed by atoms with Crippen LogP contribution in [0.1, 0.15) is 35.1 Å². The Morgan fingerprint density at radius 2 is 1.95 bits per heavy atom. The van der Waals surface area contributed by atoms with E-state index in [2.05, 4.69) is 22.7 Å². The number of amides is 1. The van der Waals surface area contributed by atoms with Crippen LogP contribution >= 0.6 is 0 Å². The quantitative estimate of drug-likeness (QED) is 0.679. The molecule has 0 saturated carbocycles. The molecule has 5 nitrogen and oxygen atoms in total. The van der Waals surface area contributed by atoms with E-state index in [4.69, 9.17) is 0 Å². The van der Waals surface area contributed by atoms with Crippen molar-refractivity contribution in [2.75, 3.05) is 11.5 Å². The van der Waals surface area contributed by atoms with Crippen LogP contribution in [0.2, 0.25) is 0 Å². The number of hydrogen-bond acceptors (Lipinski definition) is 4. The highest BCUT2D eigenvalue weighted by atomic mass is 32.2. The minimum atomic E-state index is -2.94. The van der Waals surface area contributed by atoms with E-state index in [1.807, 2.05) is 20.8 Å². The molecule has 0 unspecified atom stereocenters. The minimum absolute atomic E-state index is 0.0805. The van der Waals surface area contributed by atoms with E-state index in [1.165, 1.54) is 5.56 Å². The molecular formula is C16H22N2O3S. The molecule has 1 N–H and O–H groups in total. The summed E-state index contributed by atoms with van der Waals surface area (Å²) < 4.78 is 22.7. The minimum Gasteiger partial charge on any atom is -0.273 e. The Bertz CT molecular complexity index is 685. The third-order valence-corrected chi connectivity index (χ3v) is 5.76. The topological polar surface area (TPSA) is 75.6 Å². The summed E-state index contributed by atoms with van der Waals surface area (Å²) in [5.74, 6) is -0.0140. The van der Waals surface area contributed by atoms with Crippen LogP contribution in [0, 0.1) is 26.7 Å². The summed E-state index contributed by atoms with van der Waals surface area (Å²) in [5.41, 5.74) is 6.90. The molecule has 22 heavy (non-hydrogen) atoms. The number of aryl methyl sites for hydroxylation is 3. The molecule has 1 fully saturated rings. The highest BCUT2D eigenvalue weighted by molar-refractivity contribution is 7.91. The number of carbonyl (C=O) groups is 1. The fourth-order valence-electron chi connectivity index (χ4n) is 2.90. The zero-order chi connectivity index (χ0) is 16.3. The first kappa shape index (κ1) is 16.7. The van der Waals surface area contributed by atoms with Gasteiger partial charge in [-0.05, 0) is 44.2 Å². The maximum absolute atomic E-state index is 11.8. The third kappa shape index (κ3) is 4.40. The van der Waals surface area contributed by atoms with Gasteiger partial charge in [0.15, 0.2) is 9.84 Å². The molecular weight excluding hydrogens is 300 g/mol. The summed E-state index contributed by atoms with van der Waals surface area (Å²) in [7, 11) is -2.94. The van der Waals surface area contributed by atoms with Crippen LogP contribution in [-0.2, 0) is 14.6 Å². The third-order valence-electron chi connectivity index (χ3n) is 3.92. The Morgan fingerprint density at radius 1 is 1.32 bits per heavy atom. The van der Waals surface area contributed by atoms with Crippen LogP contribution in [-0.4, -0.2) is 32.0 Å². The molecule has 1 saturated heterocycles. The average Bonchev–Trinajstić information content (AvgIpc) is 2.71. The monoisotopic (exact) mass is 322 g/mol. The first-order valence-electron chi connectivity index (χ1n) is 7.37. The lowest BCUT2D eigenvalue weighted by atomic mass is 10.0. The lowest BCUT2D eigenvalue weighted by molar-refractivity contribution is -0.121. The lowest BCUT2D eigenvalue weighted by Gasteiger charge is -2.07. The number of nitrogens with zero attached hydrogens (tertiary/aromatic N) is 1. The van der Waals surface area contributed by atoms with E-state index in [0.29, 0.717) is 6.42 Å². The number of hydrazone groups is 1. The van der Waals surface area contributed by atoms with Gasteiger partial charge < -0.3 is 0 Å². The van der Waals surface area contributed by atoms with Gasteiger partial charge in [0.05, 0.1) is 17.7 Å². The first-order valence-corrected chi connectivity index (χ1v) is 9.19. The molecule has 2 rings (SSSR count). The Morgan fingerprint density at radius 3 is 2.50 bits per heavy atom. The van der Waals surface area contributed by atoms with E-state index in [-0.39, 0.29) is 29.8 Å². The van der Waals surface area contributed by atoms with Crippen molar-refractivity contribution < 1.29 is 13.2 Å². The largest absolute Gasteiger partial charge is 0.273 e. The van der Waals surface area contributed by atoms with E-state index in [9.17, 15) is 13.2 Å². The van der Waals surface area contributed by atoms with Crippen molar-refractivity contribution >= 4 is 22.0 Å². The van der Waals surface area contributed by atoms with Crippen LogP contribution < -0.4 is 5.43 Å². The molecule has 1 aromatic rings. The molecule has 1 heterocycles. The molecule has 0 radical (unpaired) electrons. The average molecular weight is 322 g/mol. The van der Waals surface area contributed by atoms with Gasteiger partial charge in [-0.25, -0.2) is 13.8 Å². The van der Waals surface area contributed by atoms with Crippen LogP contribution in [0.3, 0.4) is 0 Å². The van der Waals surface area contributed by atoms with E-state index in [0.717, 1.165) is 16.7 Å². The Hall–Kier alpha value is -1.69. The first-order chi connectivity index (χ1) is 10.3. The Balaban J connectivity index is 1.91. The highest BCUT2D eigenvalue weighted by Gasteiger charge is 2.29. The van der Waals surface area contributed by atoms with Gasteiger partial charge >= 0.3 is 0 Å². The molecule has 0 aliphatic carbocycles. The fraction of sp³-hybridized carbons (Fsp3) is 0.500. The fourth-order valence-corrected chi connectivity index (χ4v) is 4.77. The van der Waals surface area contributed by atoms with Gasteiger partial charge in [-0.3, -0.25) is 4.79 Å². The normalized spacial score (nSPS) is 20.4. The summed E-state index contributed by atoms with van der Waals surface area (Å²) in [4.78, 5) is 11.8. The van der Waals surface area contributed by atoms with Crippen molar-refractivity contribution in [2.45, 2.75) is 33.6 Å². The van der Waals surface area contributed by atoms with Crippen molar-refractivity contribution in [2.24, 2.45) is 11.0 Å². The van der Waals surface area contributed by atoms with Gasteiger partial charge in [0, 0.05) is 12.0 Å². The summed E-state index contributed by atoms with van der Waals surface area (Å²) in [6, 6.07) is 4.14. The van der Waals surface area contributed by atoms with E-state index >= 15 is 0 Å². The lowest BCUT2D eigenvalue weighted by Crippen LogP contribution is -2.21. The van der Waals surface area contributed by atoms with Crippen LogP contribution in [0.25, 0.3) is 0 Å². The van der Waals surface area contributed by atoms with Crippen molar-refractivity contribution in [1.82, 2.24) is 5.43 Å². The predicted molar refractivity (Wildman–Crippen MR) is 87.8 cm³/mol. The number of rotatable bonds is 4. The van der Waals surface area contributed by atoms with E-state index in [1.54, 1.807) is 6.21 Å². The number of nitrogens with one attached hydrogen (secondary N) is 1. The van der Waals surface area contributed by atoms with Crippen LogP contribution in [0.15, 0.2) is 17.2 Å². The van der Waals surface area contributed by atoms with E-state index < -0.39 is 9.84 Å². The van der Waals surface area contributed by atoms with Gasteiger partial charge in [0.2, 0.25) is 5.91 Å². The Labute approximate surface area is 131 Å². The molecule has 0 bridgehead atoms. The molecule has 120 valence electrons. The number of sulfone groups is 1. The molecule has 1 aliphatic rings. The van der Waals surface area contributed by atoms with Gasteiger partial charge in [-0.15, -0.1) is 0 Å². The molecule has 1 aliphatic heterocycles. The summed E-state index contributed by atoms with van der Waals surface area (Å²) in [6.45, 7) is 6.05. The van der Waals surface area contributed by atoms with Crippen molar-refractivity contribution in [1.29, 1.82) is 0 Å². The molecule has 0 spiro atoms. The van der Waals surface area contributed by atoms with Crippen molar-refractivity contribution in [3.8, 4) is 0 Å². The SMILES string of the molecule is Cc1cc(C)c(/C=N\NC(=O)C[C@@H]2CCS(=O)(=O)C2)c(C)c1. The van der Waals surface area contributed by atoms with Gasteiger partial charge in [-0.2, -0.15) is 5.10 Å². The summed E-state index contributed by atoms with van der Waals surface area (Å²) in [5, 5.41) is 4.00. The van der Waals surface area contributed by atoms with Gasteiger partial charge in [0.25, 0.3) is 0 Å². The van der Waals surface area contributed by atoms with Gasteiger partial charge in [-0.1, -0.05) is 17.7 Å². The molecule has 0 aromatic heterocycles. The number of benzene rings is 1. The maximum Gasteiger partial charge on any atom is 0.240 e. The second-order valence-electron chi connectivity index (χ2n) is 6.08. The standard InChI is InChI=1S/C16H22N2O3S/c1-11-6-12(2)15(13(3)7-11)9-17-18-16(19)8-14-4-5-22(20,21)10-14/h6-7,9,14H,4-5,8,10H2,1-3H3,(H,18,19)/b17-9-/t14-/m0/s1. The van der Waals surface area contributed by atoms with Crippen LogP contribution in [0.4, 0.5) is 0 Å². The molecule has 1 atom stereocenters. The highest BCUT2D eigenvalue weighted by Crippen LogP contribution is 2.21. The number of hydrogen-bond donors (Lipinski definition) is 1. The second kappa shape index (κ2) is 6.60. The molecule has 6 heteroatoms. The predicted octanol–water partition coefficient (Wildman–Crippen LogP) is 1.89. The summed E-state index contributed by atoms with van der Waals surface area (Å²) >= 11 is 0. The van der Waals surface area contributed by atoms with Gasteiger partial charge in [0.1, 0.15) is 0 Å². The Kier molecular flexibility index (Phi) is 5.01.